The fourth-order valence-corrected chi connectivity index (χ4v) is 2.46. The van der Waals surface area contributed by atoms with Gasteiger partial charge in [0.2, 0.25) is 0 Å². The first-order valence-electron chi connectivity index (χ1n) is 8.34. The van der Waals surface area contributed by atoms with E-state index in [0.717, 1.165) is 11.3 Å². The van der Waals surface area contributed by atoms with Crippen molar-refractivity contribution in [3.05, 3.63) is 71.8 Å². The molecule has 0 spiro atoms. The summed E-state index contributed by atoms with van der Waals surface area (Å²) in [6.45, 7) is 0.552. The molecule has 0 aliphatic rings. The maximum Gasteiger partial charge on any atom is 0.256 e. The molecule has 2 N–H and O–H groups in total. The summed E-state index contributed by atoms with van der Waals surface area (Å²) in [5, 5.41) is 14.0. The third kappa shape index (κ3) is 4.72. The van der Waals surface area contributed by atoms with Crippen LogP contribution in [0.4, 0.5) is 11.6 Å². The van der Waals surface area contributed by atoms with Gasteiger partial charge in [-0.1, -0.05) is 18.2 Å². The molecule has 0 saturated heterocycles. The van der Waals surface area contributed by atoms with Gasteiger partial charge >= 0.3 is 0 Å². The molecule has 1 amide bonds. The number of ether oxygens (including phenoxy) is 2. The van der Waals surface area contributed by atoms with Gasteiger partial charge in [0.25, 0.3) is 5.91 Å². The molecular formula is C20H20N4O3. The maximum atomic E-state index is 12.2. The van der Waals surface area contributed by atoms with Gasteiger partial charge in [-0.05, 0) is 42.5 Å². The predicted octanol–water partition coefficient (Wildman–Crippen LogP) is 3.36. The Kier molecular flexibility index (Phi) is 5.84. The van der Waals surface area contributed by atoms with E-state index in [2.05, 4.69) is 20.8 Å². The van der Waals surface area contributed by atoms with Crippen molar-refractivity contribution in [1.29, 1.82) is 0 Å². The molecule has 0 bridgehead atoms. The zero-order chi connectivity index (χ0) is 19.1. The van der Waals surface area contributed by atoms with Crippen molar-refractivity contribution in [2.24, 2.45) is 0 Å². The van der Waals surface area contributed by atoms with E-state index in [9.17, 15) is 4.79 Å². The van der Waals surface area contributed by atoms with Crippen LogP contribution in [0.3, 0.4) is 0 Å². The van der Waals surface area contributed by atoms with Gasteiger partial charge in [-0.2, -0.15) is 0 Å². The highest BCUT2D eigenvalue weighted by atomic mass is 16.5. The number of amides is 1. The topological polar surface area (TPSA) is 85.4 Å². The zero-order valence-corrected chi connectivity index (χ0v) is 15.1. The number of nitrogens with one attached hydrogen (secondary N) is 2. The number of para-hydroxylation sites is 1. The molecule has 2 aromatic carbocycles. The van der Waals surface area contributed by atoms with E-state index >= 15 is 0 Å². The largest absolute Gasteiger partial charge is 0.497 e. The number of aromatic nitrogens is 2. The van der Waals surface area contributed by atoms with E-state index in [1.165, 1.54) is 0 Å². The van der Waals surface area contributed by atoms with Gasteiger partial charge in [-0.15, -0.1) is 10.2 Å². The van der Waals surface area contributed by atoms with Crippen LogP contribution in [0, 0.1) is 0 Å². The molecule has 0 unspecified atom stereocenters. The van der Waals surface area contributed by atoms with Crippen molar-refractivity contribution in [3.63, 3.8) is 0 Å². The fourth-order valence-electron chi connectivity index (χ4n) is 2.46. The third-order valence-corrected chi connectivity index (χ3v) is 3.91. The average Bonchev–Trinajstić information content (AvgIpc) is 2.73. The first-order valence-corrected chi connectivity index (χ1v) is 8.34. The quantitative estimate of drug-likeness (QED) is 0.669. The number of hydrogen-bond donors (Lipinski definition) is 2. The highest BCUT2D eigenvalue weighted by Crippen LogP contribution is 2.18. The Hall–Kier alpha value is -3.61. The van der Waals surface area contributed by atoms with Gasteiger partial charge in [-0.25, -0.2) is 0 Å². The summed E-state index contributed by atoms with van der Waals surface area (Å²) in [7, 11) is 3.22. The lowest BCUT2D eigenvalue weighted by Gasteiger charge is -2.10. The second-order valence-corrected chi connectivity index (χ2v) is 5.65. The van der Waals surface area contributed by atoms with Crippen molar-refractivity contribution in [2.45, 2.75) is 6.54 Å². The van der Waals surface area contributed by atoms with Crippen LogP contribution >= 0.6 is 0 Å². The van der Waals surface area contributed by atoms with Gasteiger partial charge in [0, 0.05) is 17.7 Å². The lowest BCUT2D eigenvalue weighted by molar-refractivity contribution is 0.102. The zero-order valence-electron chi connectivity index (χ0n) is 15.1. The Morgan fingerprint density at radius 1 is 0.889 bits per heavy atom. The molecule has 7 nitrogen and oxygen atoms in total. The highest BCUT2D eigenvalue weighted by molar-refractivity contribution is 6.03. The molecule has 0 fully saturated rings. The number of carbonyl (C=O) groups excluding carboxylic acids is 1. The summed E-state index contributed by atoms with van der Waals surface area (Å²) in [5.74, 6) is 2.21. The second kappa shape index (κ2) is 8.66. The third-order valence-electron chi connectivity index (χ3n) is 3.91. The molecule has 3 rings (SSSR count). The Bertz CT molecular complexity index is 896. The van der Waals surface area contributed by atoms with Crippen LogP contribution in [0.25, 0.3) is 0 Å². The summed E-state index contributed by atoms with van der Waals surface area (Å²) in [5.41, 5.74) is 1.52. The Morgan fingerprint density at radius 3 is 2.26 bits per heavy atom. The monoisotopic (exact) mass is 364 g/mol. The first kappa shape index (κ1) is 18.2. The number of hydrogen-bond acceptors (Lipinski definition) is 6. The van der Waals surface area contributed by atoms with Gasteiger partial charge in [0.1, 0.15) is 17.3 Å². The van der Waals surface area contributed by atoms with Gasteiger partial charge in [0.05, 0.1) is 14.2 Å². The molecule has 27 heavy (non-hydrogen) atoms. The van der Waals surface area contributed by atoms with Gasteiger partial charge in [-0.3, -0.25) is 4.79 Å². The molecule has 0 aliphatic heterocycles. The molecule has 7 heteroatoms. The highest BCUT2D eigenvalue weighted by Gasteiger charge is 2.08. The van der Waals surface area contributed by atoms with Crippen LogP contribution in [-0.2, 0) is 6.54 Å². The predicted molar refractivity (Wildman–Crippen MR) is 103 cm³/mol. The molecule has 138 valence electrons. The Morgan fingerprint density at radius 2 is 1.59 bits per heavy atom. The normalized spacial score (nSPS) is 10.1. The molecule has 1 aromatic heterocycles. The molecular weight excluding hydrogens is 344 g/mol. The standard InChI is InChI=1S/C20H20N4O3/c1-26-16-9-7-14(8-10-16)20(25)22-19-12-11-18(23-24-19)21-13-15-5-3-4-6-17(15)27-2/h3-12H,13H2,1-2H3,(H,21,23)(H,22,24,25). The van der Waals surface area contributed by atoms with E-state index in [4.69, 9.17) is 9.47 Å². The Labute approximate surface area is 157 Å². The molecule has 1 heterocycles. The van der Waals surface area contributed by atoms with Crippen LogP contribution in [-0.4, -0.2) is 30.3 Å². The van der Waals surface area contributed by atoms with E-state index in [-0.39, 0.29) is 5.91 Å². The lowest BCUT2D eigenvalue weighted by Crippen LogP contribution is -2.13. The number of anilines is 2. The molecule has 0 atom stereocenters. The average molecular weight is 364 g/mol. The maximum absolute atomic E-state index is 12.2. The van der Waals surface area contributed by atoms with Crippen LogP contribution < -0.4 is 20.1 Å². The molecule has 0 saturated carbocycles. The molecule has 0 radical (unpaired) electrons. The summed E-state index contributed by atoms with van der Waals surface area (Å²) in [4.78, 5) is 12.2. The van der Waals surface area contributed by atoms with Crippen molar-refractivity contribution < 1.29 is 14.3 Å². The Balaban J connectivity index is 1.58. The summed E-state index contributed by atoms with van der Waals surface area (Å²) >= 11 is 0. The van der Waals surface area contributed by atoms with Crippen LogP contribution in [0.5, 0.6) is 11.5 Å². The SMILES string of the molecule is COc1ccc(C(=O)Nc2ccc(NCc3ccccc3OC)nn2)cc1. The van der Waals surface area contributed by atoms with Crippen molar-refractivity contribution in [2.75, 3.05) is 24.9 Å². The summed E-state index contributed by atoms with van der Waals surface area (Å²) in [6.07, 6.45) is 0. The van der Waals surface area contributed by atoms with Crippen molar-refractivity contribution >= 4 is 17.5 Å². The van der Waals surface area contributed by atoms with Crippen LogP contribution in [0.1, 0.15) is 15.9 Å². The minimum atomic E-state index is -0.262. The van der Waals surface area contributed by atoms with E-state index in [0.29, 0.717) is 29.5 Å². The van der Waals surface area contributed by atoms with Crippen molar-refractivity contribution in [3.8, 4) is 11.5 Å². The van der Waals surface area contributed by atoms with E-state index < -0.39 is 0 Å². The first-order chi connectivity index (χ1) is 13.2. The lowest BCUT2D eigenvalue weighted by atomic mass is 10.2. The van der Waals surface area contributed by atoms with Crippen LogP contribution in [0.15, 0.2) is 60.7 Å². The minimum Gasteiger partial charge on any atom is -0.497 e. The van der Waals surface area contributed by atoms with E-state index in [1.807, 2.05) is 24.3 Å². The fraction of sp³-hybridized carbons (Fsp3) is 0.150. The number of benzene rings is 2. The number of rotatable bonds is 7. The van der Waals surface area contributed by atoms with Gasteiger partial charge < -0.3 is 20.1 Å². The van der Waals surface area contributed by atoms with E-state index in [1.54, 1.807) is 50.6 Å². The van der Waals surface area contributed by atoms with Crippen molar-refractivity contribution in [1.82, 2.24) is 10.2 Å². The number of carbonyl (C=O) groups is 1. The van der Waals surface area contributed by atoms with Crippen LogP contribution in [0.2, 0.25) is 0 Å². The molecule has 0 aliphatic carbocycles. The molecule has 3 aromatic rings. The summed E-state index contributed by atoms with van der Waals surface area (Å²) in [6, 6.07) is 18.0. The minimum absolute atomic E-state index is 0.262. The van der Waals surface area contributed by atoms with Gasteiger partial charge in [0.15, 0.2) is 5.82 Å². The summed E-state index contributed by atoms with van der Waals surface area (Å²) < 4.78 is 10.4. The number of nitrogens with zero attached hydrogens (tertiary/aromatic N) is 2. The smallest absolute Gasteiger partial charge is 0.256 e. The number of methoxy groups -OCH3 is 2. The second-order valence-electron chi connectivity index (χ2n) is 5.65.